The van der Waals surface area contributed by atoms with Gasteiger partial charge in [0.15, 0.2) is 5.82 Å². The first-order chi connectivity index (χ1) is 11.7. The standard InChI is InChI=1S/C15H17N7O2/c1-21(9-10-5-6-12-13(8-10)18-24-17-12)15(23)11-4-2-3-7-22-14(11)16-19-20-22/h5-6,8,11H,2-4,7,9H2,1H3. The van der Waals surface area contributed by atoms with Crippen LogP contribution in [0.3, 0.4) is 0 Å². The maximum Gasteiger partial charge on any atom is 0.233 e. The van der Waals surface area contributed by atoms with E-state index in [1.165, 1.54) is 0 Å². The van der Waals surface area contributed by atoms with Gasteiger partial charge in [-0.05, 0) is 51.3 Å². The van der Waals surface area contributed by atoms with Gasteiger partial charge in [-0.15, -0.1) is 5.10 Å². The van der Waals surface area contributed by atoms with Crippen molar-refractivity contribution in [1.29, 1.82) is 0 Å². The average molecular weight is 327 g/mol. The molecule has 4 rings (SSSR count). The molecule has 9 nitrogen and oxygen atoms in total. The molecule has 1 aliphatic heterocycles. The van der Waals surface area contributed by atoms with Crippen LogP contribution in [0.1, 0.15) is 36.6 Å². The lowest BCUT2D eigenvalue weighted by Gasteiger charge is -2.22. The smallest absolute Gasteiger partial charge is 0.233 e. The third kappa shape index (κ3) is 2.61. The van der Waals surface area contributed by atoms with E-state index in [9.17, 15) is 4.79 Å². The number of rotatable bonds is 3. The van der Waals surface area contributed by atoms with Gasteiger partial charge in [0.25, 0.3) is 0 Å². The Balaban J connectivity index is 1.53. The van der Waals surface area contributed by atoms with E-state index in [-0.39, 0.29) is 11.8 Å². The molecule has 0 radical (unpaired) electrons. The highest BCUT2D eigenvalue weighted by Gasteiger charge is 2.30. The van der Waals surface area contributed by atoms with Gasteiger partial charge >= 0.3 is 0 Å². The molecule has 3 heterocycles. The summed E-state index contributed by atoms with van der Waals surface area (Å²) in [5, 5.41) is 19.4. The number of amides is 1. The van der Waals surface area contributed by atoms with Crippen molar-refractivity contribution in [2.45, 2.75) is 38.3 Å². The van der Waals surface area contributed by atoms with Gasteiger partial charge < -0.3 is 4.90 Å². The topological polar surface area (TPSA) is 103 Å². The van der Waals surface area contributed by atoms with Gasteiger partial charge in [0, 0.05) is 20.1 Å². The third-order valence-electron chi connectivity index (χ3n) is 4.40. The number of carbonyl (C=O) groups excluding carboxylic acids is 1. The number of benzene rings is 1. The Hall–Kier alpha value is -2.84. The second-order valence-electron chi connectivity index (χ2n) is 6.09. The molecule has 0 fully saturated rings. The van der Waals surface area contributed by atoms with Crippen LogP contribution in [-0.2, 0) is 17.9 Å². The van der Waals surface area contributed by atoms with E-state index < -0.39 is 0 Å². The van der Waals surface area contributed by atoms with Gasteiger partial charge in [0.05, 0.1) is 5.92 Å². The van der Waals surface area contributed by atoms with E-state index in [0.717, 1.165) is 31.4 Å². The summed E-state index contributed by atoms with van der Waals surface area (Å²) in [6, 6.07) is 5.64. The Kier molecular flexibility index (Phi) is 3.68. The Morgan fingerprint density at radius 1 is 1.33 bits per heavy atom. The maximum absolute atomic E-state index is 12.9. The maximum atomic E-state index is 12.9. The fraction of sp³-hybridized carbons (Fsp3) is 0.467. The molecule has 0 saturated carbocycles. The molecule has 9 heteroatoms. The van der Waals surface area contributed by atoms with Crippen LogP contribution in [0.15, 0.2) is 22.8 Å². The van der Waals surface area contributed by atoms with Gasteiger partial charge in [-0.3, -0.25) is 4.79 Å². The second kappa shape index (κ2) is 5.99. The fourth-order valence-electron chi connectivity index (χ4n) is 3.14. The van der Waals surface area contributed by atoms with Crippen molar-refractivity contribution in [2.75, 3.05) is 7.05 Å². The Labute approximate surface area is 137 Å². The van der Waals surface area contributed by atoms with Crippen LogP contribution in [0.4, 0.5) is 0 Å². The summed E-state index contributed by atoms with van der Waals surface area (Å²) in [6.45, 7) is 1.26. The molecule has 0 spiro atoms. The Morgan fingerprint density at radius 3 is 3.12 bits per heavy atom. The van der Waals surface area contributed by atoms with Gasteiger partial charge in [0.1, 0.15) is 11.0 Å². The Bertz CT molecular complexity index is 871. The van der Waals surface area contributed by atoms with Gasteiger partial charge in [-0.2, -0.15) is 0 Å². The molecule has 124 valence electrons. The summed E-state index contributed by atoms with van der Waals surface area (Å²) in [4.78, 5) is 14.6. The minimum Gasteiger partial charge on any atom is -0.341 e. The van der Waals surface area contributed by atoms with E-state index in [0.29, 0.717) is 23.4 Å². The van der Waals surface area contributed by atoms with Gasteiger partial charge in [0.2, 0.25) is 5.91 Å². The average Bonchev–Trinajstić information content (AvgIpc) is 3.19. The van der Waals surface area contributed by atoms with E-state index in [1.54, 1.807) is 16.6 Å². The van der Waals surface area contributed by atoms with Crippen LogP contribution < -0.4 is 0 Å². The highest BCUT2D eigenvalue weighted by atomic mass is 16.6. The lowest BCUT2D eigenvalue weighted by atomic mass is 10.0. The Morgan fingerprint density at radius 2 is 2.21 bits per heavy atom. The molecule has 24 heavy (non-hydrogen) atoms. The largest absolute Gasteiger partial charge is 0.341 e. The van der Waals surface area contributed by atoms with Crippen molar-refractivity contribution in [2.24, 2.45) is 0 Å². The zero-order valence-electron chi connectivity index (χ0n) is 13.3. The zero-order valence-corrected chi connectivity index (χ0v) is 13.3. The van der Waals surface area contributed by atoms with Crippen LogP contribution in [0, 0.1) is 0 Å². The molecule has 0 saturated heterocycles. The number of carbonyl (C=O) groups is 1. The zero-order chi connectivity index (χ0) is 16.5. The predicted molar refractivity (Wildman–Crippen MR) is 82.7 cm³/mol. The molecular formula is C15H17N7O2. The lowest BCUT2D eigenvalue weighted by molar-refractivity contribution is -0.132. The highest BCUT2D eigenvalue weighted by Crippen LogP contribution is 2.26. The van der Waals surface area contributed by atoms with Crippen LogP contribution in [0.2, 0.25) is 0 Å². The molecule has 1 unspecified atom stereocenters. The summed E-state index contributed by atoms with van der Waals surface area (Å²) in [5.74, 6) is 0.414. The van der Waals surface area contributed by atoms with Crippen molar-refractivity contribution >= 4 is 16.9 Å². The van der Waals surface area contributed by atoms with E-state index in [1.807, 2.05) is 18.2 Å². The number of hydrogen-bond acceptors (Lipinski definition) is 7. The van der Waals surface area contributed by atoms with E-state index in [2.05, 4.69) is 25.8 Å². The number of aromatic nitrogens is 6. The van der Waals surface area contributed by atoms with Gasteiger partial charge in [-0.1, -0.05) is 12.5 Å². The molecule has 1 aliphatic rings. The molecule has 0 N–H and O–H groups in total. The number of nitrogens with zero attached hydrogens (tertiary/aromatic N) is 7. The van der Waals surface area contributed by atoms with E-state index >= 15 is 0 Å². The summed E-state index contributed by atoms with van der Waals surface area (Å²) >= 11 is 0. The third-order valence-corrected chi connectivity index (χ3v) is 4.40. The second-order valence-corrected chi connectivity index (χ2v) is 6.09. The molecule has 0 aliphatic carbocycles. The molecule has 2 aromatic heterocycles. The molecule has 0 bridgehead atoms. The minimum atomic E-state index is -0.287. The summed E-state index contributed by atoms with van der Waals surface area (Å²) in [7, 11) is 1.80. The number of tetrazole rings is 1. The van der Waals surface area contributed by atoms with Crippen molar-refractivity contribution in [3.8, 4) is 0 Å². The van der Waals surface area contributed by atoms with Crippen LogP contribution >= 0.6 is 0 Å². The number of fused-ring (bicyclic) bond motifs is 2. The normalized spacial score (nSPS) is 17.5. The van der Waals surface area contributed by atoms with Crippen LogP contribution in [0.25, 0.3) is 11.0 Å². The fourth-order valence-corrected chi connectivity index (χ4v) is 3.14. The molecule has 1 aromatic carbocycles. The predicted octanol–water partition coefficient (Wildman–Crippen LogP) is 1.14. The summed E-state index contributed by atoms with van der Waals surface area (Å²) < 4.78 is 6.45. The van der Waals surface area contributed by atoms with E-state index in [4.69, 9.17) is 4.63 Å². The SMILES string of the molecule is CN(Cc1ccc2nonc2c1)C(=O)C1CCCCn2nnnc21. The highest BCUT2D eigenvalue weighted by molar-refractivity contribution is 5.83. The van der Waals surface area contributed by atoms with Crippen molar-refractivity contribution < 1.29 is 9.42 Å². The molecule has 1 amide bonds. The first-order valence-corrected chi connectivity index (χ1v) is 7.94. The summed E-state index contributed by atoms with van der Waals surface area (Å²) in [6.07, 6.45) is 2.74. The number of likely N-dealkylation sites (N-methyl/N-ethyl adjacent to an activating group) is 1. The molecule has 3 aromatic rings. The molecular weight excluding hydrogens is 310 g/mol. The van der Waals surface area contributed by atoms with Crippen molar-refractivity contribution in [3.05, 3.63) is 29.6 Å². The minimum absolute atomic E-state index is 0.0336. The van der Waals surface area contributed by atoms with Crippen LogP contribution in [0.5, 0.6) is 0 Å². The lowest BCUT2D eigenvalue weighted by Crippen LogP contribution is -2.32. The van der Waals surface area contributed by atoms with Crippen molar-refractivity contribution in [3.63, 3.8) is 0 Å². The first-order valence-electron chi connectivity index (χ1n) is 7.94. The first kappa shape index (κ1) is 14.7. The van der Waals surface area contributed by atoms with Crippen molar-refractivity contribution in [1.82, 2.24) is 35.4 Å². The van der Waals surface area contributed by atoms with Gasteiger partial charge in [-0.25, -0.2) is 9.31 Å². The number of aryl methyl sites for hydroxylation is 1. The number of hydrogen-bond donors (Lipinski definition) is 0. The molecule has 1 atom stereocenters. The van der Waals surface area contributed by atoms with Crippen LogP contribution in [-0.4, -0.2) is 48.4 Å². The summed E-state index contributed by atoms with van der Waals surface area (Å²) in [5.41, 5.74) is 2.37. The quantitative estimate of drug-likeness (QED) is 0.710. The monoisotopic (exact) mass is 327 g/mol.